The van der Waals surface area contributed by atoms with E-state index in [9.17, 15) is 14.4 Å². The highest BCUT2D eigenvalue weighted by atomic mass is 16.5. The molecule has 8 nitrogen and oxygen atoms in total. The minimum absolute atomic E-state index is 0.0666. The van der Waals surface area contributed by atoms with Crippen LogP contribution in [0.15, 0.2) is 48.5 Å². The molecule has 0 saturated carbocycles. The largest absolute Gasteiger partial charge is 0.493 e. The lowest BCUT2D eigenvalue weighted by molar-refractivity contribution is -0.126. The van der Waals surface area contributed by atoms with Crippen LogP contribution < -0.4 is 25.0 Å². The third-order valence-corrected chi connectivity index (χ3v) is 4.92. The highest BCUT2D eigenvalue weighted by Gasteiger charge is 2.34. The fourth-order valence-electron chi connectivity index (χ4n) is 3.33. The zero-order valence-corrected chi connectivity index (χ0v) is 17.0. The summed E-state index contributed by atoms with van der Waals surface area (Å²) in [5.41, 5.74) is 1.22. The van der Waals surface area contributed by atoms with Gasteiger partial charge in [0.25, 0.3) is 5.91 Å². The van der Waals surface area contributed by atoms with Crippen LogP contribution in [0.5, 0.6) is 11.5 Å². The van der Waals surface area contributed by atoms with Gasteiger partial charge in [0.15, 0.2) is 11.5 Å². The Labute approximate surface area is 175 Å². The van der Waals surface area contributed by atoms with Crippen molar-refractivity contribution in [3.8, 4) is 11.5 Å². The summed E-state index contributed by atoms with van der Waals surface area (Å²) in [6, 6.07) is 14.2. The molecule has 1 fully saturated rings. The van der Waals surface area contributed by atoms with E-state index in [0.717, 1.165) is 5.69 Å². The number of hydrogen-bond donors (Lipinski definition) is 2. The van der Waals surface area contributed by atoms with Crippen molar-refractivity contribution in [3.63, 3.8) is 0 Å². The summed E-state index contributed by atoms with van der Waals surface area (Å²) < 4.78 is 10.4. The van der Waals surface area contributed by atoms with E-state index in [4.69, 9.17) is 9.47 Å². The summed E-state index contributed by atoms with van der Waals surface area (Å²) in [6.07, 6.45) is 0.179. The quantitative estimate of drug-likeness (QED) is 0.643. The molecular weight excluding hydrogens is 386 g/mol. The first-order valence-electron chi connectivity index (χ1n) is 9.67. The number of carbonyl (C=O) groups excluding carboxylic acids is 3. The average molecular weight is 411 g/mol. The zero-order valence-electron chi connectivity index (χ0n) is 17.0. The standard InChI is InChI=1S/C22H25N3O5/c1-29-18-9-8-15(12-19(18)30-2)21(27)23-10-11-24-22(28)16-13-20(26)25(14-16)17-6-4-3-5-7-17/h3-9,12,16H,10-11,13-14H2,1-2H3,(H,23,27)(H,24,28)/t16-/m0/s1. The van der Waals surface area contributed by atoms with Gasteiger partial charge in [-0.1, -0.05) is 18.2 Å². The van der Waals surface area contributed by atoms with Crippen molar-refractivity contribution in [1.29, 1.82) is 0 Å². The van der Waals surface area contributed by atoms with Gasteiger partial charge in [-0.25, -0.2) is 0 Å². The van der Waals surface area contributed by atoms with E-state index in [0.29, 0.717) is 23.6 Å². The zero-order chi connectivity index (χ0) is 21.5. The number of nitrogens with one attached hydrogen (secondary N) is 2. The van der Waals surface area contributed by atoms with E-state index < -0.39 is 5.92 Å². The van der Waals surface area contributed by atoms with E-state index >= 15 is 0 Å². The molecule has 1 saturated heterocycles. The fraction of sp³-hybridized carbons (Fsp3) is 0.318. The lowest BCUT2D eigenvalue weighted by Crippen LogP contribution is -2.38. The first-order chi connectivity index (χ1) is 14.5. The molecule has 2 N–H and O–H groups in total. The van der Waals surface area contributed by atoms with Crippen LogP contribution in [-0.2, 0) is 9.59 Å². The van der Waals surface area contributed by atoms with Gasteiger partial charge < -0.3 is 25.0 Å². The topological polar surface area (TPSA) is 97.0 Å². The second-order valence-electron chi connectivity index (χ2n) is 6.86. The summed E-state index contributed by atoms with van der Waals surface area (Å²) in [7, 11) is 3.03. The summed E-state index contributed by atoms with van der Waals surface area (Å²) in [6.45, 7) is 0.891. The van der Waals surface area contributed by atoms with Crippen LogP contribution in [0.3, 0.4) is 0 Å². The Balaban J connectivity index is 1.45. The number of para-hydroxylation sites is 1. The lowest BCUT2D eigenvalue weighted by Gasteiger charge is -2.16. The molecule has 0 spiro atoms. The van der Waals surface area contributed by atoms with Gasteiger partial charge in [0.05, 0.1) is 20.1 Å². The Morgan fingerprint density at radius 2 is 1.70 bits per heavy atom. The third kappa shape index (κ3) is 4.89. The van der Waals surface area contributed by atoms with E-state index in [-0.39, 0.29) is 37.2 Å². The van der Waals surface area contributed by atoms with Gasteiger partial charge in [0, 0.05) is 37.3 Å². The molecule has 2 aromatic carbocycles. The highest BCUT2D eigenvalue weighted by molar-refractivity contribution is 6.00. The van der Waals surface area contributed by atoms with Crippen molar-refractivity contribution in [2.75, 3.05) is 38.8 Å². The number of carbonyl (C=O) groups is 3. The monoisotopic (exact) mass is 411 g/mol. The number of rotatable bonds is 8. The van der Waals surface area contributed by atoms with Gasteiger partial charge in [0.1, 0.15) is 0 Å². The first-order valence-corrected chi connectivity index (χ1v) is 9.67. The molecule has 1 atom stereocenters. The number of methoxy groups -OCH3 is 2. The predicted octanol–water partition coefficient (Wildman–Crippen LogP) is 1.60. The molecule has 0 aliphatic carbocycles. The molecule has 158 valence electrons. The molecule has 8 heteroatoms. The molecule has 1 aliphatic rings. The molecule has 30 heavy (non-hydrogen) atoms. The summed E-state index contributed by atoms with van der Waals surface area (Å²) >= 11 is 0. The van der Waals surface area contributed by atoms with Gasteiger partial charge in [-0.05, 0) is 30.3 Å². The number of anilines is 1. The number of ether oxygens (including phenoxy) is 2. The van der Waals surface area contributed by atoms with E-state index in [1.54, 1.807) is 23.1 Å². The predicted molar refractivity (Wildman–Crippen MR) is 112 cm³/mol. The Morgan fingerprint density at radius 3 is 2.40 bits per heavy atom. The Hall–Kier alpha value is -3.55. The van der Waals surface area contributed by atoms with Gasteiger partial charge in [-0.2, -0.15) is 0 Å². The smallest absolute Gasteiger partial charge is 0.251 e. The summed E-state index contributed by atoms with van der Waals surface area (Å²) in [5.74, 6) is 0.0605. The van der Waals surface area contributed by atoms with Crippen LogP contribution in [0, 0.1) is 5.92 Å². The number of hydrogen-bond acceptors (Lipinski definition) is 5. The molecule has 1 aliphatic heterocycles. The van der Waals surface area contributed by atoms with Crippen LogP contribution in [0.2, 0.25) is 0 Å². The summed E-state index contributed by atoms with van der Waals surface area (Å²) in [5, 5.41) is 5.54. The van der Waals surface area contributed by atoms with Crippen LogP contribution in [0.25, 0.3) is 0 Å². The van der Waals surface area contributed by atoms with Gasteiger partial charge in [-0.3, -0.25) is 14.4 Å². The van der Waals surface area contributed by atoms with Crippen LogP contribution >= 0.6 is 0 Å². The van der Waals surface area contributed by atoms with Gasteiger partial charge >= 0.3 is 0 Å². The van der Waals surface area contributed by atoms with Crippen molar-refractivity contribution in [1.82, 2.24) is 10.6 Å². The molecule has 3 amide bonds. The SMILES string of the molecule is COc1ccc(C(=O)NCCNC(=O)[C@H]2CC(=O)N(c3ccccc3)C2)cc1OC. The fourth-order valence-corrected chi connectivity index (χ4v) is 3.33. The maximum Gasteiger partial charge on any atom is 0.251 e. The van der Waals surface area contributed by atoms with Crippen molar-refractivity contribution in [2.24, 2.45) is 5.92 Å². The maximum absolute atomic E-state index is 12.4. The Bertz CT molecular complexity index is 916. The number of benzene rings is 2. The van der Waals surface area contributed by atoms with Crippen molar-refractivity contribution in [2.45, 2.75) is 6.42 Å². The minimum atomic E-state index is -0.403. The molecule has 1 heterocycles. The molecule has 2 aromatic rings. The second kappa shape index (κ2) is 9.78. The second-order valence-corrected chi connectivity index (χ2v) is 6.86. The molecule has 0 bridgehead atoms. The molecule has 3 rings (SSSR count). The highest BCUT2D eigenvalue weighted by Crippen LogP contribution is 2.27. The van der Waals surface area contributed by atoms with Crippen molar-refractivity contribution in [3.05, 3.63) is 54.1 Å². The average Bonchev–Trinajstić information content (AvgIpc) is 3.18. The van der Waals surface area contributed by atoms with Gasteiger partial charge in [0.2, 0.25) is 11.8 Å². The van der Waals surface area contributed by atoms with E-state index in [1.165, 1.54) is 14.2 Å². The minimum Gasteiger partial charge on any atom is -0.493 e. The maximum atomic E-state index is 12.4. The number of amides is 3. The first kappa shape index (κ1) is 21.2. The van der Waals surface area contributed by atoms with Gasteiger partial charge in [-0.15, -0.1) is 0 Å². The third-order valence-electron chi connectivity index (χ3n) is 4.92. The van der Waals surface area contributed by atoms with Crippen LogP contribution in [0.4, 0.5) is 5.69 Å². The molecular formula is C22H25N3O5. The molecule has 0 unspecified atom stereocenters. The number of nitrogens with zero attached hydrogens (tertiary/aromatic N) is 1. The van der Waals surface area contributed by atoms with E-state index in [1.807, 2.05) is 30.3 Å². The lowest BCUT2D eigenvalue weighted by atomic mass is 10.1. The Morgan fingerprint density at radius 1 is 1.00 bits per heavy atom. The van der Waals surface area contributed by atoms with Crippen LogP contribution in [0.1, 0.15) is 16.8 Å². The summed E-state index contributed by atoms with van der Waals surface area (Å²) in [4.78, 5) is 38.5. The molecule has 0 aromatic heterocycles. The molecule has 0 radical (unpaired) electrons. The van der Waals surface area contributed by atoms with Crippen LogP contribution in [-0.4, -0.2) is 51.6 Å². The van der Waals surface area contributed by atoms with Crippen molar-refractivity contribution >= 4 is 23.4 Å². The van der Waals surface area contributed by atoms with E-state index in [2.05, 4.69) is 10.6 Å². The van der Waals surface area contributed by atoms with Crippen molar-refractivity contribution < 1.29 is 23.9 Å². The normalized spacial score (nSPS) is 15.6. The Kier molecular flexibility index (Phi) is 6.90.